The van der Waals surface area contributed by atoms with Gasteiger partial charge in [0.1, 0.15) is 0 Å². The number of hydrogen-bond donors (Lipinski definition) is 2. The van der Waals surface area contributed by atoms with Gasteiger partial charge in [-0.1, -0.05) is 19.8 Å². The van der Waals surface area contributed by atoms with Gasteiger partial charge in [-0.05, 0) is 45.7 Å². The lowest BCUT2D eigenvalue weighted by Crippen LogP contribution is -2.46. The molecule has 0 aromatic heterocycles. The molecule has 1 saturated carbocycles. The molecule has 0 spiro atoms. The standard InChI is InChI=1S/C13H28N2O/c1-3-4-5-10-15(2)12-6-8-13(16,11-14)9-7-12/h12,16H,3-11,14H2,1-2H3. The number of rotatable bonds is 6. The van der Waals surface area contributed by atoms with E-state index in [1.54, 1.807) is 0 Å². The molecule has 1 aliphatic rings. The molecule has 0 heterocycles. The molecule has 3 nitrogen and oxygen atoms in total. The zero-order valence-electron chi connectivity index (χ0n) is 10.9. The van der Waals surface area contributed by atoms with Crippen molar-refractivity contribution in [2.75, 3.05) is 20.1 Å². The Hall–Kier alpha value is -0.120. The first-order chi connectivity index (χ1) is 7.61. The molecule has 1 fully saturated rings. The summed E-state index contributed by atoms with van der Waals surface area (Å²) in [5.74, 6) is 0. The van der Waals surface area contributed by atoms with E-state index in [2.05, 4.69) is 18.9 Å². The van der Waals surface area contributed by atoms with Crippen molar-refractivity contribution in [3.05, 3.63) is 0 Å². The third kappa shape index (κ3) is 4.04. The van der Waals surface area contributed by atoms with E-state index in [1.165, 1.54) is 25.8 Å². The van der Waals surface area contributed by atoms with Crippen molar-refractivity contribution in [3.8, 4) is 0 Å². The van der Waals surface area contributed by atoms with Crippen molar-refractivity contribution in [1.82, 2.24) is 4.90 Å². The van der Waals surface area contributed by atoms with Crippen molar-refractivity contribution in [1.29, 1.82) is 0 Å². The fourth-order valence-corrected chi connectivity index (χ4v) is 2.58. The Morgan fingerprint density at radius 1 is 1.31 bits per heavy atom. The van der Waals surface area contributed by atoms with Crippen molar-refractivity contribution >= 4 is 0 Å². The van der Waals surface area contributed by atoms with Crippen LogP contribution in [0.3, 0.4) is 0 Å². The summed E-state index contributed by atoms with van der Waals surface area (Å²) >= 11 is 0. The summed E-state index contributed by atoms with van der Waals surface area (Å²) in [6.07, 6.45) is 7.82. The second-order valence-corrected chi connectivity index (χ2v) is 5.35. The van der Waals surface area contributed by atoms with E-state index >= 15 is 0 Å². The molecular formula is C13H28N2O. The Kier molecular flexibility index (Phi) is 5.73. The van der Waals surface area contributed by atoms with Gasteiger partial charge < -0.3 is 15.7 Å². The molecule has 0 aromatic rings. The van der Waals surface area contributed by atoms with E-state index < -0.39 is 5.60 Å². The minimum Gasteiger partial charge on any atom is -0.389 e. The lowest BCUT2D eigenvalue weighted by atomic mass is 9.82. The predicted octanol–water partition coefficient (Wildman–Crippen LogP) is 1.74. The number of unbranched alkanes of at least 4 members (excludes halogenated alkanes) is 2. The quantitative estimate of drug-likeness (QED) is 0.681. The Balaban J connectivity index is 2.24. The van der Waals surface area contributed by atoms with Crippen LogP contribution in [0.2, 0.25) is 0 Å². The zero-order chi connectivity index (χ0) is 12.0. The summed E-state index contributed by atoms with van der Waals surface area (Å²) < 4.78 is 0. The molecule has 0 radical (unpaired) electrons. The molecule has 0 aromatic carbocycles. The zero-order valence-corrected chi connectivity index (χ0v) is 10.9. The average Bonchev–Trinajstić information content (AvgIpc) is 2.30. The van der Waals surface area contributed by atoms with Crippen molar-refractivity contribution in [3.63, 3.8) is 0 Å². The minimum absolute atomic E-state index is 0.416. The lowest BCUT2D eigenvalue weighted by molar-refractivity contribution is -0.00951. The first kappa shape index (κ1) is 13.9. The first-order valence-electron chi connectivity index (χ1n) is 6.74. The van der Waals surface area contributed by atoms with Crippen molar-refractivity contribution in [2.24, 2.45) is 5.73 Å². The van der Waals surface area contributed by atoms with Gasteiger partial charge in [-0.2, -0.15) is 0 Å². The van der Waals surface area contributed by atoms with Crippen LogP contribution in [0.25, 0.3) is 0 Å². The summed E-state index contributed by atoms with van der Waals surface area (Å²) in [5.41, 5.74) is 5.02. The Morgan fingerprint density at radius 2 is 1.94 bits per heavy atom. The van der Waals surface area contributed by atoms with Gasteiger partial charge in [0.25, 0.3) is 0 Å². The Morgan fingerprint density at radius 3 is 2.44 bits per heavy atom. The highest BCUT2D eigenvalue weighted by molar-refractivity contribution is 4.89. The minimum atomic E-state index is -0.569. The smallest absolute Gasteiger partial charge is 0.0770 e. The number of aliphatic hydroxyl groups is 1. The van der Waals surface area contributed by atoms with Crippen LogP contribution >= 0.6 is 0 Å². The largest absolute Gasteiger partial charge is 0.389 e. The maximum atomic E-state index is 10.1. The van der Waals surface area contributed by atoms with Gasteiger partial charge in [0.05, 0.1) is 5.60 Å². The number of hydrogen-bond acceptors (Lipinski definition) is 3. The van der Waals surface area contributed by atoms with E-state index in [0.29, 0.717) is 12.6 Å². The van der Waals surface area contributed by atoms with Crippen LogP contribution in [-0.2, 0) is 0 Å². The first-order valence-corrected chi connectivity index (χ1v) is 6.74. The normalized spacial score (nSPS) is 30.9. The van der Waals surface area contributed by atoms with Crippen LogP contribution in [0.5, 0.6) is 0 Å². The molecule has 0 bridgehead atoms. The van der Waals surface area contributed by atoms with Crippen LogP contribution in [-0.4, -0.2) is 41.8 Å². The van der Waals surface area contributed by atoms with Gasteiger partial charge >= 0.3 is 0 Å². The van der Waals surface area contributed by atoms with Crippen LogP contribution in [0.4, 0.5) is 0 Å². The van der Waals surface area contributed by atoms with Gasteiger partial charge in [-0.3, -0.25) is 0 Å². The maximum absolute atomic E-state index is 10.1. The van der Waals surface area contributed by atoms with Crippen molar-refractivity contribution < 1.29 is 5.11 Å². The fourth-order valence-electron chi connectivity index (χ4n) is 2.58. The molecule has 0 aliphatic heterocycles. The van der Waals surface area contributed by atoms with Gasteiger partial charge in [0.2, 0.25) is 0 Å². The topological polar surface area (TPSA) is 49.5 Å². The molecule has 0 amide bonds. The van der Waals surface area contributed by atoms with Crippen LogP contribution in [0.1, 0.15) is 51.9 Å². The van der Waals surface area contributed by atoms with Crippen LogP contribution in [0.15, 0.2) is 0 Å². The summed E-state index contributed by atoms with van der Waals surface area (Å²) in [6.45, 7) is 3.85. The number of nitrogens with zero attached hydrogens (tertiary/aromatic N) is 1. The second-order valence-electron chi connectivity index (χ2n) is 5.35. The lowest BCUT2D eigenvalue weighted by Gasteiger charge is -2.39. The molecule has 0 unspecified atom stereocenters. The predicted molar refractivity (Wildman–Crippen MR) is 68.4 cm³/mol. The highest BCUT2D eigenvalue weighted by Gasteiger charge is 2.32. The van der Waals surface area contributed by atoms with E-state index in [1.807, 2.05) is 0 Å². The fraction of sp³-hybridized carbons (Fsp3) is 1.00. The average molecular weight is 228 g/mol. The number of nitrogens with two attached hydrogens (primary N) is 1. The Bertz CT molecular complexity index is 188. The third-order valence-corrected chi connectivity index (χ3v) is 4.00. The molecule has 16 heavy (non-hydrogen) atoms. The van der Waals surface area contributed by atoms with Gasteiger partial charge in [-0.25, -0.2) is 0 Å². The summed E-state index contributed by atoms with van der Waals surface area (Å²) in [4.78, 5) is 2.46. The Labute approximate surface area is 100 Å². The van der Waals surface area contributed by atoms with E-state index in [9.17, 15) is 5.11 Å². The van der Waals surface area contributed by atoms with Crippen LogP contribution in [0, 0.1) is 0 Å². The highest BCUT2D eigenvalue weighted by atomic mass is 16.3. The van der Waals surface area contributed by atoms with E-state index in [0.717, 1.165) is 25.7 Å². The molecule has 0 saturated heterocycles. The molecule has 1 aliphatic carbocycles. The van der Waals surface area contributed by atoms with Crippen LogP contribution < -0.4 is 5.73 Å². The molecule has 3 N–H and O–H groups in total. The molecular weight excluding hydrogens is 200 g/mol. The summed E-state index contributed by atoms with van der Waals surface area (Å²) in [6, 6.07) is 0.656. The van der Waals surface area contributed by atoms with E-state index in [4.69, 9.17) is 5.73 Å². The molecule has 0 atom stereocenters. The van der Waals surface area contributed by atoms with Gasteiger partial charge in [0, 0.05) is 12.6 Å². The molecule has 3 heteroatoms. The molecule has 1 rings (SSSR count). The maximum Gasteiger partial charge on any atom is 0.0770 e. The third-order valence-electron chi connectivity index (χ3n) is 4.00. The monoisotopic (exact) mass is 228 g/mol. The van der Waals surface area contributed by atoms with Gasteiger partial charge in [0.15, 0.2) is 0 Å². The summed E-state index contributed by atoms with van der Waals surface area (Å²) in [5, 5.41) is 10.1. The second kappa shape index (κ2) is 6.58. The SMILES string of the molecule is CCCCCN(C)C1CCC(O)(CN)CC1. The highest BCUT2D eigenvalue weighted by Crippen LogP contribution is 2.29. The molecule has 96 valence electrons. The van der Waals surface area contributed by atoms with Gasteiger partial charge in [-0.15, -0.1) is 0 Å². The van der Waals surface area contributed by atoms with E-state index in [-0.39, 0.29) is 0 Å². The summed E-state index contributed by atoms with van der Waals surface area (Å²) in [7, 11) is 2.22. The van der Waals surface area contributed by atoms with Crippen molar-refractivity contribution in [2.45, 2.75) is 63.5 Å².